The average molecular weight is 502 g/mol. The maximum atomic E-state index is 12.6. The summed E-state index contributed by atoms with van der Waals surface area (Å²) in [5, 5.41) is 0. The molecule has 0 aliphatic carbocycles. The maximum absolute atomic E-state index is 12.6. The normalized spacial score (nSPS) is 14.8. The first kappa shape index (κ1) is 25.6. The molecule has 0 radical (unpaired) electrons. The number of aryl methyl sites for hydroxylation is 2. The van der Waals surface area contributed by atoms with Gasteiger partial charge in [-0.15, -0.1) is 0 Å². The van der Waals surface area contributed by atoms with Crippen molar-refractivity contribution >= 4 is 29.3 Å². The van der Waals surface area contributed by atoms with Crippen LogP contribution in [-0.4, -0.2) is 43.9 Å². The summed E-state index contributed by atoms with van der Waals surface area (Å²) in [6.07, 6.45) is 0.0354. The molecule has 0 unspecified atom stereocenters. The van der Waals surface area contributed by atoms with Crippen LogP contribution in [0.5, 0.6) is 11.5 Å². The molecular formula is C29H27NO7. The standard InChI is InChI=1S/C29H27NO7/c1-18-7-12-25(19(2)13-18)30-16-22(15-27(30)32)28(33)36-17-26(31)20-8-10-23(11-9-20)37-29(34)21-5-4-6-24(14-21)35-3/h4-14,22H,15-17H2,1-3H3/t22-/m0/s1. The minimum absolute atomic E-state index is 0.0354. The summed E-state index contributed by atoms with van der Waals surface area (Å²) in [7, 11) is 1.51. The average Bonchev–Trinajstić information content (AvgIpc) is 3.28. The third kappa shape index (κ3) is 6.03. The predicted octanol–water partition coefficient (Wildman–Crippen LogP) is 4.31. The molecule has 0 aromatic heterocycles. The Balaban J connectivity index is 1.30. The highest BCUT2D eigenvalue weighted by Crippen LogP contribution is 2.29. The zero-order valence-electron chi connectivity index (χ0n) is 20.9. The molecule has 190 valence electrons. The Morgan fingerprint density at radius 2 is 1.68 bits per heavy atom. The highest BCUT2D eigenvalue weighted by molar-refractivity contribution is 6.01. The second-order valence-electron chi connectivity index (χ2n) is 8.87. The van der Waals surface area contributed by atoms with Crippen molar-refractivity contribution in [2.75, 3.05) is 25.2 Å². The first-order valence-corrected chi connectivity index (χ1v) is 11.8. The number of carbonyl (C=O) groups excluding carboxylic acids is 4. The van der Waals surface area contributed by atoms with Crippen LogP contribution in [-0.2, 0) is 14.3 Å². The SMILES string of the molecule is COc1cccc(C(=O)Oc2ccc(C(=O)COC(=O)[C@H]3CC(=O)N(c4ccc(C)cc4C)C3)cc2)c1. The number of ether oxygens (including phenoxy) is 3. The molecule has 3 aromatic rings. The molecule has 4 rings (SSSR count). The number of carbonyl (C=O) groups is 4. The molecule has 0 spiro atoms. The van der Waals surface area contributed by atoms with Crippen LogP contribution in [0.4, 0.5) is 5.69 Å². The fourth-order valence-electron chi connectivity index (χ4n) is 4.17. The number of esters is 2. The number of rotatable bonds is 8. The predicted molar refractivity (Wildman–Crippen MR) is 136 cm³/mol. The van der Waals surface area contributed by atoms with E-state index in [-0.39, 0.29) is 24.6 Å². The summed E-state index contributed by atoms with van der Waals surface area (Å²) in [5.41, 5.74) is 3.44. The van der Waals surface area contributed by atoms with Crippen molar-refractivity contribution in [1.82, 2.24) is 0 Å². The van der Waals surface area contributed by atoms with Gasteiger partial charge in [0.2, 0.25) is 5.91 Å². The van der Waals surface area contributed by atoms with Crippen LogP contribution < -0.4 is 14.4 Å². The Kier molecular flexibility index (Phi) is 7.67. The van der Waals surface area contributed by atoms with Gasteiger partial charge >= 0.3 is 11.9 Å². The number of Topliss-reactive ketones (excluding diaryl/α,β-unsaturated/α-hetero) is 1. The van der Waals surface area contributed by atoms with Gasteiger partial charge in [-0.2, -0.15) is 0 Å². The first-order chi connectivity index (χ1) is 17.7. The molecule has 0 N–H and O–H groups in total. The van der Waals surface area contributed by atoms with Gasteiger partial charge in [-0.1, -0.05) is 23.8 Å². The van der Waals surface area contributed by atoms with Crippen molar-refractivity contribution < 1.29 is 33.4 Å². The van der Waals surface area contributed by atoms with Crippen molar-refractivity contribution in [3.8, 4) is 11.5 Å². The summed E-state index contributed by atoms with van der Waals surface area (Å²) in [5.74, 6) is -1.55. The Morgan fingerprint density at radius 3 is 2.38 bits per heavy atom. The van der Waals surface area contributed by atoms with Gasteiger partial charge in [0.15, 0.2) is 12.4 Å². The molecule has 1 aliphatic heterocycles. The van der Waals surface area contributed by atoms with Gasteiger partial charge < -0.3 is 19.1 Å². The van der Waals surface area contributed by atoms with E-state index < -0.39 is 30.2 Å². The van der Waals surface area contributed by atoms with Crippen molar-refractivity contribution in [3.63, 3.8) is 0 Å². The molecule has 1 amide bonds. The van der Waals surface area contributed by atoms with Crippen LogP contribution in [0.15, 0.2) is 66.7 Å². The monoisotopic (exact) mass is 501 g/mol. The van der Waals surface area contributed by atoms with E-state index in [9.17, 15) is 19.2 Å². The zero-order valence-corrected chi connectivity index (χ0v) is 20.9. The Labute approximate surface area is 214 Å². The number of nitrogens with zero attached hydrogens (tertiary/aromatic N) is 1. The van der Waals surface area contributed by atoms with Gasteiger partial charge in [0.25, 0.3) is 0 Å². The number of benzene rings is 3. The number of methoxy groups -OCH3 is 1. The fraction of sp³-hybridized carbons (Fsp3) is 0.241. The third-order valence-electron chi connectivity index (χ3n) is 6.14. The maximum Gasteiger partial charge on any atom is 0.343 e. The highest BCUT2D eigenvalue weighted by atomic mass is 16.5. The number of hydrogen-bond donors (Lipinski definition) is 0. The quantitative estimate of drug-likeness (QED) is 0.258. The molecule has 8 heteroatoms. The van der Waals surface area contributed by atoms with Gasteiger partial charge in [-0.3, -0.25) is 14.4 Å². The minimum Gasteiger partial charge on any atom is -0.497 e. The molecular weight excluding hydrogens is 474 g/mol. The number of hydrogen-bond acceptors (Lipinski definition) is 7. The summed E-state index contributed by atoms with van der Waals surface area (Å²) in [6.45, 7) is 3.66. The van der Waals surface area contributed by atoms with Gasteiger partial charge in [0.05, 0.1) is 18.6 Å². The zero-order chi connectivity index (χ0) is 26.5. The largest absolute Gasteiger partial charge is 0.497 e. The van der Waals surface area contributed by atoms with Crippen LogP contribution in [0.3, 0.4) is 0 Å². The van der Waals surface area contributed by atoms with Gasteiger partial charge in [-0.25, -0.2) is 4.79 Å². The van der Waals surface area contributed by atoms with E-state index in [1.807, 2.05) is 32.0 Å². The van der Waals surface area contributed by atoms with E-state index in [1.165, 1.54) is 31.4 Å². The van der Waals surface area contributed by atoms with Crippen molar-refractivity contribution in [2.45, 2.75) is 20.3 Å². The third-order valence-corrected chi connectivity index (χ3v) is 6.14. The molecule has 1 heterocycles. The van der Waals surface area contributed by atoms with E-state index in [1.54, 1.807) is 29.2 Å². The van der Waals surface area contributed by atoms with E-state index in [0.29, 0.717) is 16.9 Å². The Morgan fingerprint density at radius 1 is 0.919 bits per heavy atom. The molecule has 1 atom stereocenters. The number of amides is 1. The molecule has 8 nitrogen and oxygen atoms in total. The van der Waals surface area contributed by atoms with Crippen molar-refractivity contribution in [1.29, 1.82) is 0 Å². The molecule has 3 aromatic carbocycles. The first-order valence-electron chi connectivity index (χ1n) is 11.8. The summed E-state index contributed by atoms with van der Waals surface area (Å²) in [4.78, 5) is 51.6. The van der Waals surface area contributed by atoms with E-state index in [2.05, 4.69) is 0 Å². The van der Waals surface area contributed by atoms with E-state index in [0.717, 1.165) is 16.8 Å². The van der Waals surface area contributed by atoms with Crippen LogP contribution >= 0.6 is 0 Å². The topological polar surface area (TPSA) is 99.2 Å². The molecule has 1 fully saturated rings. The molecule has 0 bridgehead atoms. The van der Waals surface area contributed by atoms with Crippen LogP contribution in [0.1, 0.15) is 38.3 Å². The lowest BCUT2D eigenvalue weighted by Gasteiger charge is -2.19. The molecule has 1 aliphatic rings. The smallest absolute Gasteiger partial charge is 0.343 e. The number of anilines is 1. The van der Waals surface area contributed by atoms with Gasteiger partial charge in [0.1, 0.15) is 11.5 Å². The van der Waals surface area contributed by atoms with Gasteiger partial charge in [-0.05, 0) is 67.9 Å². The highest BCUT2D eigenvalue weighted by Gasteiger charge is 2.36. The van der Waals surface area contributed by atoms with Crippen molar-refractivity contribution in [2.24, 2.45) is 5.92 Å². The second kappa shape index (κ2) is 11.1. The summed E-state index contributed by atoms with van der Waals surface area (Å²) < 4.78 is 15.7. The van der Waals surface area contributed by atoms with E-state index >= 15 is 0 Å². The second-order valence-corrected chi connectivity index (χ2v) is 8.87. The summed E-state index contributed by atoms with van der Waals surface area (Å²) >= 11 is 0. The van der Waals surface area contributed by atoms with Crippen LogP contribution in [0, 0.1) is 19.8 Å². The molecule has 1 saturated heterocycles. The molecule has 37 heavy (non-hydrogen) atoms. The fourth-order valence-corrected chi connectivity index (χ4v) is 4.17. The Hall–Kier alpha value is -4.46. The van der Waals surface area contributed by atoms with Gasteiger partial charge in [0, 0.05) is 24.2 Å². The van der Waals surface area contributed by atoms with Crippen LogP contribution in [0.2, 0.25) is 0 Å². The van der Waals surface area contributed by atoms with Crippen LogP contribution in [0.25, 0.3) is 0 Å². The minimum atomic E-state index is -0.639. The molecule has 0 saturated carbocycles. The summed E-state index contributed by atoms with van der Waals surface area (Å²) in [6, 6.07) is 18.3. The van der Waals surface area contributed by atoms with E-state index in [4.69, 9.17) is 14.2 Å². The lowest BCUT2D eigenvalue weighted by molar-refractivity contribution is -0.147. The lowest BCUT2D eigenvalue weighted by atomic mass is 10.1. The lowest BCUT2D eigenvalue weighted by Crippen LogP contribution is -2.27. The van der Waals surface area contributed by atoms with Crippen molar-refractivity contribution in [3.05, 3.63) is 89.0 Å². The Bertz CT molecular complexity index is 1350. The number of ketones is 1.